The van der Waals surface area contributed by atoms with E-state index in [0.29, 0.717) is 6.42 Å². The number of sulfone groups is 1. The number of carbonyl (C=O) groups is 1. The molecule has 1 aliphatic rings. The molecule has 1 saturated heterocycles. The average molecular weight is 291 g/mol. The Labute approximate surface area is 110 Å². The molecule has 6 heteroatoms. The molecule has 1 aromatic carbocycles. The van der Waals surface area contributed by atoms with Gasteiger partial charge < -0.3 is 0 Å². The second kappa shape index (κ2) is 4.97. The molecule has 0 N–H and O–H groups in total. The van der Waals surface area contributed by atoms with E-state index in [4.69, 9.17) is 11.6 Å². The van der Waals surface area contributed by atoms with Gasteiger partial charge in [-0.1, -0.05) is 23.7 Å². The lowest BCUT2D eigenvalue weighted by Gasteiger charge is -2.08. The number of ketones is 1. The van der Waals surface area contributed by atoms with Crippen LogP contribution in [0.1, 0.15) is 12.0 Å². The third-order valence-corrected chi connectivity index (χ3v) is 5.14. The predicted octanol–water partition coefficient (Wildman–Crippen LogP) is 2.03. The van der Waals surface area contributed by atoms with E-state index >= 15 is 0 Å². The van der Waals surface area contributed by atoms with E-state index in [9.17, 15) is 17.6 Å². The summed E-state index contributed by atoms with van der Waals surface area (Å²) in [5, 5.41) is -0.0284. The lowest BCUT2D eigenvalue weighted by atomic mass is 9.97. The lowest BCUT2D eigenvalue weighted by molar-refractivity contribution is -0.121. The van der Waals surface area contributed by atoms with Gasteiger partial charge in [-0.25, -0.2) is 12.8 Å². The van der Waals surface area contributed by atoms with Crippen LogP contribution in [0.4, 0.5) is 4.39 Å². The molecule has 0 aromatic heterocycles. The van der Waals surface area contributed by atoms with Crippen molar-refractivity contribution in [2.24, 2.45) is 5.92 Å². The summed E-state index contributed by atoms with van der Waals surface area (Å²) in [7, 11) is -3.09. The quantitative estimate of drug-likeness (QED) is 0.856. The first kappa shape index (κ1) is 13.5. The molecule has 18 heavy (non-hydrogen) atoms. The molecular formula is C12H12ClFO3S. The van der Waals surface area contributed by atoms with Gasteiger partial charge in [0.05, 0.1) is 16.5 Å². The Kier molecular flexibility index (Phi) is 3.73. The second-order valence-electron chi connectivity index (χ2n) is 4.46. The van der Waals surface area contributed by atoms with E-state index in [1.165, 1.54) is 12.1 Å². The van der Waals surface area contributed by atoms with Crippen molar-refractivity contribution in [3.05, 3.63) is 34.6 Å². The number of hydrogen-bond donors (Lipinski definition) is 0. The zero-order chi connectivity index (χ0) is 13.3. The zero-order valence-corrected chi connectivity index (χ0v) is 11.1. The Bertz CT molecular complexity index is 583. The molecule has 3 nitrogen and oxygen atoms in total. The molecule has 0 radical (unpaired) electrons. The van der Waals surface area contributed by atoms with Crippen molar-refractivity contribution in [2.75, 3.05) is 11.5 Å². The maximum Gasteiger partial charge on any atom is 0.151 e. The van der Waals surface area contributed by atoms with Gasteiger partial charge in [0, 0.05) is 12.3 Å². The van der Waals surface area contributed by atoms with E-state index in [1.807, 2.05) is 0 Å². The van der Waals surface area contributed by atoms with Gasteiger partial charge in [0.15, 0.2) is 9.84 Å². The molecule has 0 bridgehead atoms. The molecule has 0 saturated carbocycles. The topological polar surface area (TPSA) is 51.2 Å². The summed E-state index contributed by atoms with van der Waals surface area (Å²) in [6.45, 7) is 0. The SMILES string of the molecule is O=C(Cc1cccc(Cl)c1F)C1CCS(=O)(=O)C1. The second-order valence-corrected chi connectivity index (χ2v) is 7.09. The standard InChI is InChI=1S/C12H12ClFO3S/c13-10-3-1-2-8(12(10)14)6-11(15)9-4-5-18(16,17)7-9/h1-3,9H,4-7H2. The summed E-state index contributed by atoms with van der Waals surface area (Å²) >= 11 is 5.62. The van der Waals surface area contributed by atoms with Crippen LogP contribution in [0.25, 0.3) is 0 Å². The van der Waals surface area contributed by atoms with E-state index < -0.39 is 21.6 Å². The Hall–Kier alpha value is -0.940. The summed E-state index contributed by atoms with van der Waals surface area (Å²) in [5.41, 5.74) is 0.219. The van der Waals surface area contributed by atoms with E-state index in [1.54, 1.807) is 6.07 Å². The summed E-state index contributed by atoms with van der Waals surface area (Å²) < 4.78 is 36.1. The smallest absolute Gasteiger partial charge is 0.151 e. The maximum atomic E-state index is 13.6. The summed E-state index contributed by atoms with van der Waals surface area (Å²) in [6, 6.07) is 4.47. The predicted molar refractivity (Wildman–Crippen MR) is 66.9 cm³/mol. The number of carbonyl (C=O) groups excluding carboxylic acids is 1. The Morgan fingerprint density at radius 2 is 2.17 bits per heavy atom. The summed E-state index contributed by atoms with van der Waals surface area (Å²) in [4.78, 5) is 11.9. The number of Topliss-reactive ketones (excluding diaryl/α,β-unsaturated/α-hetero) is 1. The highest BCUT2D eigenvalue weighted by Gasteiger charge is 2.32. The molecule has 1 aromatic rings. The van der Waals surface area contributed by atoms with Crippen LogP contribution in [0.5, 0.6) is 0 Å². The van der Waals surface area contributed by atoms with Crippen LogP contribution in [-0.4, -0.2) is 25.7 Å². The van der Waals surface area contributed by atoms with Crippen molar-refractivity contribution in [2.45, 2.75) is 12.8 Å². The number of benzene rings is 1. The summed E-state index contributed by atoms with van der Waals surface area (Å²) in [6.07, 6.45) is 0.232. The first-order valence-electron chi connectivity index (χ1n) is 5.55. The zero-order valence-electron chi connectivity index (χ0n) is 9.53. The fourth-order valence-electron chi connectivity index (χ4n) is 2.07. The normalized spacial score (nSPS) is 22.0. The molecule has 2 rings (SSSR count). The minimum absolute atomic E-state index is 0.0284. The van der Waals surface area contributed by atoms with Crippen molar-refractivity contribution < 1.29 is 17.6 Å². The first-order chi connectivity index (χ1) is 8.39. The third-order valence-electron chi connectivity index (χ3n) is 3.08. The van der Waals surface area contributed by atoms with Crippen LogP contribution in [0, 0.1) is 11.7 Å². The Balaban J connectivity index is 2.11. The molecule has 98 valence electrons. The Morgan fingerprint density at radius 1 is 1.44 bits per heavy atom. The van der Waals surface area contributed by atoms with Gasteiger partial charge in [-0.05, 0) is 18.1 Å². The minimum atomic E-state index is -3.09. The monoisotopic (exact) mass is 290 g/mol. The highest BCUT2D eigenvalue weighted by Crippen LogP contribution is 2.23. The number of halogens is 2. The average Bonchev–Trinajstić information content (AvgIpc) is 2.65. The van der Waals surface area contributed by atoms with Crippen molar-refractivity contribution in [1.29, 1.82) is 0 Å². The molecule has 0 aliphatic carbocycles. The highest BCUT2D eigenvalue weighted by molar-refractivity contribution is 7.91. The molecular weight excluding hydrogens is 279 g/mol. The van der Waals surface area contributed by atoms with Crippen molar-refractivity contribution in [3.8, 4) is 0 Å². The van der Waals surface area contributed by atoms with E-state index in [-0.39, 0.29) is 34.3 Å². The van der Waals surface area contributed by atoms with E-state index in [0.717, 1.165) is 0 Å². The van der Waals surface area contributed by atoms with Crippen molar-refractivity contribution in [3.63, 3.8) is 0 Å². The molecule has 1 unspecified atom stereocenters. The Morgan fingerprint density at radius 3 is 2.78 bits per heavy atom. The third kappa shape index (κ3) is 2.90. The van der Waals surface area contributed by atoms with Gasteiger partial charge in [0.25, 0.3) is 0 Å². The van der Waals surface area contributed by atoms with Crippen LogP contribution in [0.15, 0.2) is 18.2 Å². The lowest BCUT2D eigenvalue weighted by Crippen LogP contribution is -2.18. The fourth-order valence-corrected chi connectivity index (χ4v) is 4.04. The molecule has 1 aliphatic heterocycles. The first-order valence-corrected chi connectivity index (χ1v) is 7.75. The molecule has 0 spiro atoms. The minimum Gasteiger partial charge on any atom is -0.299 e. The van der Waals surface area contributed by atoms with Gasteiger partial charge in [-0.3, -0.25) is 4.79 Å². The van der Waals surface area contributed by atoms with Gasteiger partial charge in [-0.15, -0.1) is 0 Å². The van der Waals surface area contributed by atoms with Gasteiger partial charge in [-0.2, -0.15) is 0 Å². The van der Waals surface area contributed by atoms with Crippen LogP contribution >= 0.6 is 11.6 Å². The van der Waals surface area contributed by atoms with Crippen molar-refractivity contribution in [1.82, 2.24) is 0 Å². The summed E-state index contributed by atoms with van der Waals surface area (Å²) in [5.74, 6) is -1.42. The largest absolute Gasteiger partial charge is 0.299 e. The van der Waals surface area contributed by atoms with Crippen molar-refractivity contribution >= 4 is 27.2 Å². The number of hydrogen-bond acceptors (Lipinski definition) is 3. The molecule has 1 fully saturated rings. The van der Waals surface area contributed by atoms with Crippen LogP contribution in [-0.2, 0) is 21.1 Å². The van der Waals surface area contributed by atoms with Gasteiger partial charge in [0.1, 0.15) is 11.6 Å². The maximum absolute atomic E-state index is 13.6. The van der Waals surface area contributed by atoms with Gasteiger partial charge >= 0.3 is 0 Å². The molecule has 1 heterocycles. The van der Waals surface area contributed by atoms with E-state index in [2.05, 4.69) is 0 Å². The van der Waals surface area contributed by atoms with Gasteiger partial charge in [0.2, 0.25) is 0 Å². The molecule has 1 atom stereocenters. The molecule has 0 amide bonds. The van der Waals surface area contributed by atoms with Crippen LogP contribution in [0.2, 0.25) is 5.02 Å². The number of rotatable bonds is 3. The van der Waals surface area contributed by atoms with Crippen LogP contribution < -0.4 is 0 Å². The fraction of sp³-hybridized carbons (Fsp3) is 0.417. The van der Waals surface area contributed by atoms with Crippen LogP contribution in [0.3, 0.4) is 0 Å². The highest BCUT2D eigenvalue weighted by atomic mass is 35.5.